The molecular formula is C21H27N3O4S. The number of rotatable bonds is 8. The van der Waals surface area contributed by atoms with Crippen molar-refractivity contribution in [2.24, 2.45) is 0 Å². The molecule has 1 aliphatic rings. The van der Waals surface area contributed by atoms with Crippen molar-refractivity contribution in [1.82, 2.24) is 10.1 Å². The molecule has 3 rings (SSSR count). The molecule has 1 aromatic carbocycles. The topological polar surface area (TPSA) is 84.7 Å². The predicted molar refractivity (Wildman–Crippen MR) is 113 cm³/mol. The molecule has 0 radical (unpaired) electrons. The number of anilines is 1. The maximum absolute atomic E-state index is 12.5. The van der Waals surface area contributed by atoms with Crippen LogP contribution in [0.25, 0.3) is 0 Å². The van der Waals surface area contributed by atoms with E-state index in [0.717, 1.165) is 18.4 Å². The van der Waals surface area contributed by atoms with Crippen molar-refractivity contribution in [2.45, 2.75) is 44.6 Å². The van der Waals surface area contributed by atoms with Gasteiger partial charge in [0.25, 0.3) is 0 Å². The first-order valence-electron chi connectivity index (χ1n) is 9.80. The molecule has 0 bridgehead atoms. The number of carbonyl (C=O) groups is 2. The third-order valence-corrected chi connectivity index (χ3v) is 5.96. The van der Waals surface area contributed by atoms with Gasteiger partial charge < -0.3 is 19.5 Å². The Morgan fingerprint density at radius 1 is 1.31 bits per heavy atom. The molecule has 1 atom stereocenters. The fraction of sp³-hybridized carbons (Fsp3) is 0.476. The predicted octanol–water partition coefficient (Wildman–Crippen LogP) is 3.25. The number of nitrogens with one attached hydrogen (secondary N) is 1. The van der Waals surface area contributed by atoms with E-state index in [1.165, 1.54) is 11.8 Å². The molecule has 7 nitrogen and oxygen atoms in total. The molecule has 29 heavy (non-hydrogen) atoms. The lowest BCUT2D eigenvalue weighted by Gasteiger charge is -2.32. The second-order valence-corrected chi connectivity index (χ2v) is 8.47. The smallest absolute Gasteiger partial charge is 0.238 e. The van der Waals surface area contributed by atoms with Crippen LogP contribution >= 0.6 is 11.8 Å². The summed E-state index contributed by atoms with van der Waals surface area (Å²) in [4.78, 5) is 26.5. The fourth-order valence-electron chi connectivity index (χ4n) is 3.08. The maximum atomic E-state index is 12.5. The molecule has 1 unspecified atom stereocenters. The van der Waals surface area contributed by atoms with Gasteiger partial charge in [-0.15, -0.1) is 11.8 Å². The lowest BCUT2D eigenvalue weighted by Crippen LogP contribution is -2.42. The number of piperidine rings is 1. The zero-order valence-electron chi connectivity index (χ0n) is 16.8. The number of nitrogens with zero attached hydrogens (tertiary/aromatic N) is 2. The van der Waals surface area contributed by atoms with Gasteiger partial charge in [-0.3, -0.25) is 9.59 Å². The summed E-state index contributed by atoms with van der Waals surface area (Å²) in [7, 11) is 0. The number of benzene rings is 1. The second kappa shape index (κ2) is 10.5. The largest absolute Gasteiger partial charge is 0.373 e. The summed E-state index contributed by atoms with van der Waals surface area (Å²) in [5.74, 6) is 1.18. The Morgan fingerprint density at radius 3 is 2.69 bits per heavy atom. The number of amides is 2. The number of thioether (sulfide) groups is 1. The molecule has 1 aromatic heterocycles. The summed E-state index contributed by atoms with van der Waals surface area (Å²) >= 11 is 1.33. The number of ether oxygens (including phenoxy) is 1. The fourth-order valence-corrected chi connectivity index (χ4v) is 3.86. The van der Waals surface area contributed by atoms with Crippen LogP contribution in [-0.4, -0.2) is 52.1 Å². The van der Waals surface area contributed by atoms with Crippen LogP contribution in [0.1, 0.15) is 31.1 Å². The van der Waals surface area contributed by atoms with Crippen molar-refractivity contribution in [1.29, 1.82) is 0 Å². The molecule has 8 heteroatoms. The van der Waals surface area contributed by atoms with Gasteiger partial charge in [-0.2, -0.15) is 0 Å². The lowest BCUT2D eigenvalue weighted by atomic mass is 10.1. The van der Waals surface area contributed by atoms with Crippen LogP contribution in [0.4, 0.5) is 5.82 Å². The van der Waals surface area contributed by atoms with Crippen molar-refractivity contribution in [3.63, 3.8) is 0 Å². The SMILES string of the molecule is Cc1cc(NC(=O)C(C)SCC(=O)N2CCC(OCc3ccccc3)CC2)no1. The standard InChI is InChI=1S/C21H27N3O4S/c1-15-12-19(23-28-15)22-21(26)16(2)29-14-20(25)24-10-8-18(9-11-24)27-13-17-6-4-3-5-7-17/h3-7,12,16,18H,8-11,13-14H2,1-2H3,(H,22,23,26). The van der Waals surface area contributed by atoms with Crippen LogP contribution in [0.2, 0.25) is 0 Å². The van der Waals surface area contributed by atoms with Gasteiger partial charge in [-0.25, -0.2) is 0 Å². The van der Waals surface area contributed by atoms with E-state index in [0.29, 0.717) is 31.3 Å². The normalized spacial score (nSPS) is 15.9. The highest BCUT2D eigenvalue weighted by molar-refractivity contribution is 8.01. The molecule has 1 N–H and O–H groups in total. The molecule has 0 spiro atoms. The van der Waals surface area contributed by atoms with E-state index in [1.807, 2.05) is 23.1 Å². The number of hydrogen-bond acceptors (Lipinski definition) is 6. The average Bonchev–Trinajstić information content (AvgIpc) is 3.15. The first-order valence-corrected chi connectivity index (χ1v) is 10.8. The number of aromatic nitrogens is 1. The summed E-state index contributed by atoms with van der Waals surface area (Å²) in [6.45, 7) is 5.53. The van der Waals surface area contributed by atoms with Crippen molar-refractivity contribution in [3.8, 4) is 0 Å². The number of carbonyl (C=O) groups excluding carboxylic acids is 2. The highest BCUT2D eigenvalue weighted by atomic mass is 32.2. The van der Waals surface area contributed by atoms with E-state index in [-0.39, 0.29) is 28.9 Å². The summed E-state index contributed by atoms with van der Waals surface area (Å²) < 4.78 is 10.9. The van der Waals surface area contributed by atoms with Crippen LogP contribution in [0, 0.1) is 6.92 Å². The molecule has 1 saturated heterocycles. The quantitative estimate of drug-likeness (QED) is 0.710. The first-order chi connectivity index (χ1) is 14.0. The van der Waals surface area contributed by atoms with Crippen molar-refractivity contribution in [2.75, 3.05) is 24.2 Å². The zero-order valence-corrected chi connectivity index (χ0v) is 17.6. The van der Waals surface area contributed by atoms with Crippen LogP contribution in [0.15, 0.2) is 40.9 Å². The molecule has 2 heterocycles. The highest BCUT2D eigenvalue weighted by Crippen LogP contribution is 2.19. The molecule has 1 aliphatic heterocycles. The summed E-state index contributed by atoms with van der Waals surface area (Å²) in [5.41, 5.74) is 1.16. The van der Waals surface area contributed by atoms with Gasteiger partial charge in [0.2, 0.25) is 11.8 Å². The average molecular weight is 418 g/mol. The Bertz CT molecular complexity index is 803. The molecule has 2 aromatic rings. The van der Waals surface area contributed by atoms with E-state index in [2.05, 4.69) is 22.6 Å². The van der Waals surface area contributed by atoms with Crippen molar-refractivity contribution >= 4 is 29.4 Å². The monoisotopic (exact) mass is 417 g/mol. The van der Waals surface area contributed by atoms with E-state index >= 15 is 0 Å². The number of likely N-dealkylation sites (tertiary alicyclic amines) is 1. The summed E-state index contributed by atoms with van der Waals surface area (Å²) in [6.07, 6.45) is 1.86. The van der Waals surface area contributed by atoms with Gasteiger partial charge in [0, 0.05) is 19.2 Å². The minimum Gasteiger partial charge on any atom is -0.373 e. The molecule has 2 amide bonds. The summed E-state index contributed by atoms with van der Waals surface area (Å²) in [5, 5.41) is 6.08. The van der Waals surface area contributed by atoms with Gasteiger partial charge in [-0.1, -0.05) is 35.5 Å². The Kier molecular flexibility index (Phi) is 7.71. The number of aryl methyl sites for hydroxylation is 1. The van der Waals surface area contributed by atoms with Crippen LogP contribution in [-0.2, 0) is 20.9 Å². The molecule has 0 saturated carbocycles. The lowest BCUT2D eigenvalue weighted by molar-refractivity contribution is -0.131. The first kappa shape index (κ1) is 21.4. The Balaban J connectivity index is 1.34. The van der Waals surface area contributed by atoms with E-state index in [4.69, 9.17) is 9.26 Å². The molecule has 156 valence electrons. The van der Waals surface area contributed by atoms with Crippen LogP contribution < -0.4 is 5.32 Å². The molecular weight excluding hydrogens is 390 g/mol. The molecule has 0 aliphatic carbocycles. The van der Waals surface area contributed by atoms with Crippen molar-refractivity contribution < 1.29 is 18.8 Å². The second-order valence-electron chi connectivity index (χ2n) is 7.14. The minimum atomic E-state index is -0.359. The highest BCUT2D eigenvalue weighted by Gasteiger charge is 2.24. The Morgan fingerprint density at radius 2 is 2.03 bits per heavy atom. The van der Waals surface area contributed by atoms with Crippen molar-refractivity contribution in [3.05, 3.63) is 47.7 Å². The van der Waals surface area contributed by atoms with E-state index in [1.54, 1.807) is 19.9 Å². The van der Waals surface area contributed by atoms with Gasteiger partial charge in [0.15, 0.2) is 5.82 Å². The third-order valence-electron chi connectivity index (χ3n) is 4.83. The maximum Gasteiger partial charge on any atom is 0.238 e. The van der Waals surface area contributed by atoms with E-state index in [9.17, 15) is 9.59 Å². The van der Waals surface area contributed by atoms with Gasteiger partial charge in [0.05, 0.1) is 23.7 Å². The van der Waals surface area contributed by atoms with Gasteiger partial charge >= 0.3 is 0 Å². The van der Waals surface area contributed by atoms with E-state index < -0.39 is 0 Å². The molecule has 1 fully saturated rings. The third kappa shape index (κ3) is 6.61. The summed E-state index contributed by atoms with van der Waals surface area (Å²) in [6, 6.07) is 11.8. The van der Waals surface area contributed by atoms with Crippen LogP contribution in [0.3, 0.4) is 0 Å². The van der Waals surface area contributed by atoms with Gasteiger partial charge in [0.1, 0.15) is 5.76 Å². The minimum absolute atomic E-state index is 0.0634. The number of hydrogen-bond donors (Lipinski definition) is 1. The zero-order chi connectivity index (χ0) is 20.6. The Hall–Kier alpha value is -2.32. The Labute approximate surface area is 175 Å². The van der Waals surface area contributed by atoms with Gasteiger partial charge in [-0.05, 0) is 32.3 Å². The van der Waals surface area contributed by atoms with Crippen LogP contribution in [0.5, 0.6) is 0 Å².